The molecule has 128 valence electrons. The first-order chi connectivity index (χ1) is 10.8. The summed E-state index contributed by atoms with van der Waals surface area (Å²) in [6.45, 7) is 4.20. The third-order valence-electron chi connectivity index (χ3n) is 3.41. The fourth-order valence-electron chi connectivity index (χ4n) is 2.43. The van der Waals surface area contributed by atoms with E-state index >= 15 is 0 Å². The Kier molecular flexibility index (Phi) is 5.84. The summed E-state index contributed by atoms with van der Waals surface area (Å²) in [6, 6.07) is 6.82. The van der Waals surface area contributed by atoms with Gasteiger partial charge in [-0.2, -0.15) is 0 Å². The Balaban J connectivity index is 1.92. The highest BCUT2D eigenvalue weighted by molar-refractivity contribution is 7.92. The SMILES string of the molecule is CC1CN(C(=O)NCc2cccc(NS(C)(=O)=O)c2)CCCO1. The van der Waals surface area contributed by atoms with Crippen molar-refractivity contribution < 1.29 is 17.9 Å². The van der Waals surface area contributed by atoms with Crippen LogP contribution in [0.5, 0.6) is 0 Å². The van der Waals surface area contributed by atoms with Crippen molar-refractivity contribution in [2.75, 3.05) is 30.7 Å². The number of urea groups is 1. The van der Waals surface area contributed by atoms with Crippen LogP contribution in [0, 0.1) is 0 Å². The van der Waals surface area contributed by atoms with Crippen molar-refractivity contribution in [2.24, 2.45) is 0 Å². The molecule has 0 bridgehead atoms. The minimum absolute atomic E-state index is 0.0329. The number of amides is 2. The van der Waals surface area contributed by atoms with Crippen molar-refractivity contribution in [1.29, 1.82) is 0 Å². The molecule has 0 saturated carbocycles. The van der Waals surface area contributed by atoms with Crippen molar-refractivity contribution in [3.8, 4) is 0 Å². The molecule has 8 heteroatoms. The highest BCUT2D eigenvalue weighted by Gasteiger charge is 2.19. The molecule has 1 aromatic rings. The summed E-state index contributed by atoms with van der Waals surface area (Å²) in [5.41, 5.74) is 1.31. The number of anilines is 1. The predicted molar refractivity (Wildman–Crippen MR) is 88.7 cm³/mol. The van der Waals surface area contributed by atoms with E-state index in [0.29, 0.717) is 31.9 Å². The number of benzene rings is 1. The van der Waals surface area contributed by atoms with Gasteiger partial charge in [0, 0.05) is 31.9 Å². The van der Waals surface area contributed by atoms with Crippen molar-refractivity contribution in [3.05, 3.63) is 29.8 Å². The first-order valence-corrected chi connectivity index (χ1v) is 9.44. The van der Waals surface area contributed by atoms with E-state index in [1.807, 2.05) is 13.0 Å². The number of hydrogen-bond acceptors (Lipinski definition) is 4. The van der Waals surface area contributed by atoms with Crippen LogP contribution in [-0.2, 0) is 21.3 Å². The second-order valence-corrected chi connectivity index (χ2v) is 7.46. The molecule has 1 unspecified atom stereocenters. The lowest BCUT2D eigenvalue weighted by Crippen LogP contribution is -2.42. The monoisotopic (exact) mass is 341 g/mol. The molecule has 7 nitrogen and oxygen atoms in total. The van der Waals surface area contributed by atoms with Crippen LogP contribution in [0.25, 0.3) is 0 Å². The molecule has 2 rings (SSSR count). The summed E-state index contributed by atoms with van der Waals surface area (Å²) in [7, 11) is -3.31. The van der Waals surface area contributed by atoms with Crippen LogP contribution in [0.2, 0.25) is 0 Å². The molecule has 1 aromatic carbocycles. The van der Waals surface area contributed by atoms with Gasteiger partial charge in [-0.1, -0.05) is 12.1 Å². The fourth-order valence-corrected chi connectivity index (χ4v) is 2.98. The van der Waals surface area contributed by atoms with E-state index in [0.717, 1.165) is 18.2 Å². The van der Waals surface area contributed by atoms with Crippen LogP contribution < -0.4 is 10.0 Å². The molecule has 2 amide bonds. The summed E-state index contributed by atoms with van der Waals surface area (Å²) in [6.07, 6.45) is 1.96. The number of carbonyl (C=O) groups is 1. The normalized spacial score (nSPS) is 19.0. The molecule has 1 aliphatic rings. The van der Waals surface area contributed by atoms with Gasteiger partial charge in [0.2, 0.25) is 10.0 Å². The van der Waals surface area contributed by atoms with Gasteiger partial charge in [-0.25, -0.2) is 13.2 Å². The molecule has 1 fully saturated rings. The average molecular weight is 341 g/mol. The Morgan fingerprint density at radius 2 is 2.22 bits per heavy atom. The number of hydrogen-bond donors (Lipinski definition) is 2. The molecule has 0 aliphatic carbocycles. The van der Waals surface area contributed by atoms with E-state index in [1.54, 1.807) is 23.1 Å². The number of nitrogens with zero attached hydrogens (tertiary/aromatic N) is 1. The van der Waals surface area contributed by atoms with Crippen LogP contribution in [0.15, 0.2) is 24.3 Å². The third-order valence-corrected chi connectivity index (χ3v) is 4.02. The quantitative estimate of drug-likeness (QED) is 0.866. The lowest BCUT2D eigenvalue weighted by atomic mass is 10.2. The standard InChI is InChI=1S/C15H23N3O4S/c1-12-11-18(7-4-8-22-12)15(19)16-10-13-5-3-6-14(9-13)17-23(2,20)21/h3,5-6,9,12,17H,4,7-8,10-11H2,1-2H3,(H,16,19). The molecule has 2 N–H and O–H groups in total. The molecule has 1 saturated heterocycles. The van der Waals surface area contributed by atoms with Crippen LogP contribution >= 0.6 is 0 Å². The van der Waals surface area contributed by atoms with E-state index in [2.05, 4.69) is 10.0 Å². The second-order valence-electron chi connectivity index (χ2n) is 5.71. The molecule has 1 aliphatic heterocycles. The minimum atomic E-state index is -3.31. The average Bonchev–Trinajstić information content (AvgIpc) is 2.68. The van der Waals surface area contributed by atoms with Gasteiger partial charge >= 0.3 is 6.03 Å². The topological polar surface area (TPSA) is 87.7 Å². The first kappa shape index (κ1) is 17.6. The van der Waals surface area contributed by atoms with E-state index in [-0.39, 0.29) is 12.1 Å². The lowest BCUT2D eigenvalue weighted by Gasteiger charge is -2.22. The maximum Gasteiger partial charge on any atom is 0.317 e. The Labute approximate surface area is 137 Å². The Morgan fingerprint density at radius 1 is 1.43 bits per heavy atom. The Bertz CT molecular complexity index is 648. The molecule has 0 spiro atoms. The smallest absolute Gasteiger partial charge is 0.317 e. The van der Waals surface area contributed by atoms with E-state index in [4.69, 9.17) is 4.74 Å². The van der Waals surface area contributed by atoms with Crippen molar-refractivity contribution in [3.63, 3.8) is 0 Å². The first-order valence-electron chi connectivity index (χ1n) is 7.54. The van der Waals surface area contributed by atoms with Gasteiger partial charge in [0.1, 0.15) is 0 Å². The minimum Gasteiger partial charge on any atom is -0.377 e. The summed E-state index contributed by atoms with van der Waals surface area (Å²) < 4.78 is 30.4. The summed E-state index contributed by atoms with van der Waals surface area (Å²) in [4.78, 5) is 14.0. The van der Waals surface area contributed by atoms with Crippen molar-refractivity contribution in [2.45, 2.75) is 26.0 Å². The number of rotatable bonds is 4. The fraction of sp³-hybridized carbons (Fsp3) is 0.533. The van der Waals surface area contributed by atoms with Gasteiger partial charge in [-0.3, -0.25) is 4.72 Å². The predicted octanol–water partition coefficient (Wildman–Crippen LogP) is 1.38. The number of carbonyl (C=O) groups excluding carboxylic acids is 1. The van der Waals surface area contributed by atoms with Crippen LogP contribution in [0.1, 0.15) is 18.9 Å². The van der Waals surface area contributed by atoms with E-state index < -0.39 is 10.0 Å². The molecule has 1 atom stereocenters. The lowest BCUT2D eigenvalue weighted by molar-refractivity contribution is 0.0710. The van der Waals surface area contributed by atoms with Crippen LogP contribution in [-0.4, -0.2) is 51.4 Å². The van der Waals surface area contributed by atoms with Gasteiger partial charge in [0.15, 0.2) is 0 Å². The summed E-state index contributed by atoms with van der Waals surface area (Å²) in [5, 5.41) is 2.86. The number of nitrogens with one attached hydrogen (secondary N) is 2. The molecule has 23 heavy (non-hydrogen) atoms. The third kappa shape index (κ3) is 6.07. The maximum absolute atomic E-state index is 12.2. The van der Waals surface area contributed by atoms with Crippen molar-refractivity contribution >= 4 is 21.7 Å². The molecule has 0 aromatic heterocycles. The zero-order valence-corrected chi connectivity index (χ0v) is 14.2. The van der Waals surface area contributed by atoms with Crippen LogP contribution in [0.3, 0.4) is 0 Å². The van der Waals surface area contributed by atoms with Crippen molar-refractivity contribution in [1.82, 2.24) is 10.2 Å². The largest absolute Gasteiger partial charge is 0.377 e. The number of sulfonamides is 1. The molecule has 0 radical (unpaired) electrons. The summed E-state index contributed by atoms with van der Waals surface area (Å²) >= 11 is 0. The molecule has 1 heterocycles. The highest BCUT2D eigenvalue weighted by Crippen LogP contribution is 2.12. The second kappa shape index (κ2) is 7.65. The highest BCUT2D eigenvalue weighted by atomic mass is 32.2. The maximum atomic E-state index is 12.2. The summed E-state index contributed by atoms with van der Waals surface area (Å²) in [5.74, 6) is 0. The Morgan fingerprint density at radius 3 is 2.96 bits per heavy atom. The zero-order chi connectivity index (χ0) is 16.9. The zero-order valence-electron chi connectivity index (χ0n) is 13.4. The van der Waals surface area contributed by atoms with Gasteiger partial charge in [-0.05, 0) is 31.0 Å². The van der Waals surface area contributed by atoms with Gasteiger partial charge in [-0.15, -0.1) is 0 Å². The van der Waals surface area contributed by atoms with Gasteiger partial charge < -0.3 is 15.0 Å². The van der Waals surface area contributed by atoms with Crippen LogP contribution in [0.4, 0.5) is 10.5 Å². The van der Waals surface area contributed by atoms with Gasteiger partial charge in [0.25, 0.3) is 0 Å². The molecular weight excluding hydrogens is 318 g/mol. The van der Waals surface area contributed by atoms with Gasteiger partial charge in [0.05, 0.1) is 12.4 Å². The molecular formula is C15H23N3O4S. The van der Waals surface area contributed by atoms with E-state index in [9.17, 15) is 13.2 Å². The Hall–Kier alpha value is -1.80. The van der Waals surface area contributed by atoms with E-state index in [1.165, 1.54) is 0 Å². The number of ether oxygens (including phenoxy) is 1.